The third-order valence-corrected chi connectivity index (χ3v) is 6.22. The summed E-state index contributed by atoms with van der Waals surface area (Å²) in [4.78, 5) is 5.21. The van der Waals surface area contributed by atoms with Crippen LogP contribution in [0.4, 0.5) is 0 Å². The van der Waals surface area contributed by atoms with E-state index in [2.05, 4.69) is 66.1 Å². The van der Waals surface area contributed by atoms with Crippen molar-refractivity contribution in [1.29, 1.82) is 0 Å². The average Bonchev–Trinajstić information content (AvgIpc) is 2.76. The van der Waals surface area contributed by atoms with Gasteiger partial charge in [0.2, 0.25) is 0 Å². The number of allylic oxidation sites excluding steroid dienone is 1. The lowest BCUT2D eigenvalue weighted by Gasteiger charge is -2.34. The Morgan fingerprint density at radius 3 is 2.03 bits per heavy atom. The Hall–Kier alpha value is -1.61. The lowest BCUT2D eigenvalue weighted by Crippen LogP contribution is -2.46. The molecule has 156 valence electrons. The van der Waals surface area contributed by atoms with Crippen molar-refractivity contribution in [1.82, 2.24) is 9.80 Å². The maximum absolute atomic E-state index is 5.99. The van der Waals surface area contributed by atoms with Gasteiger partial charge in [-0.05, 0) is 54.3 Å². The van der Waals surface area contributed by atoms with Crippen LogP contribution in [0.25, 0.3) is 16.7 Å². The second-order valence-corrected chi connectivity index (χ2v) is 8.61. The van der Waals surface area contributed by atoms with E-state index in [4.69, 9.17) is 11.6 Å². The molecule has 0 atom stereocenters. The monoisotopic (exact) mass is 410 g/mol. The van der Waals surface area contributed by atoms with Crippen LogP contribution >= 0.6 is 11.6 Å². The molecule has 0 aliphatic carbocycles. The number of halogens is 1. The highest BCUT2D eigenvalue weighted by molar-refractivity contribution is 6.30. The molecule has 0 aromatic heterocycles. The Labute approximate surface area is 182 Å². The summed E-state index contributed by atoms with van der Waals surface area (Å²) in [6, 6.07) is 16.9. The van der Waals surface area contributed by atoms with Gasteiger partial charge in [-0.1, -0.05) is 80.3 Å². The van der Waals surface area contributed by atoms with E-state index in [0.717, 1.165) is 11.6 Å². The van der Waals surface area contributed by atoms with Gasteiger partial charge in [-0.2, -0.15) is 0 Å². The molecule has 0 spiro atoms. The van der Waals surface area contributed by atoms with Crippen LogP contribution in [0, 0.1) is 0 Å². The highest BCUT2D eigenvalue weighted by Gasteiger charge is 2.15. The van der Waals surface area contributed by atoms with E-state index in [-0.39, 0.29) is 0 Å². The topological polar surface area (TPSA) is 6.48 Å². The second-order valence-electron chi connectivity index (χ2n) is 8.17. The van der Waals surface area contributed by atoms with Crippen LogP contribution in [0.3, 0.4) is 0 Å². The van der Waals surface area contributed by atoms with Crippen molar-refractivity contribution in [2.45, 2.75) is 39.5 Å². The summed E-state index contributed by atoms with van der Waals surface area (Å²) in [5.74, 6) is 0. The molecule has 1 aliphatic rings. The lowest BCUT2D eigenvalue weighted by atomic mass is 10.0. The average molecular weight is 411 g/mol. The van der Waals surface area contributed by atoms with Crippen LogP contribution < -0.4 is 0 Å². The molecule has 3 heteroatoms. The van der Waals surface area contributed by atoms with Crippen LogP contribution in [0.2, 0.25) is 5.02 Å². The molecule has 2 aromatic carbocycles. The number of unbranched alkanes of at least 4 members (excludes halogenated alkanes) is 3. The highest BCUT2D eigenvalue weighted by atomic mass is 35.5. The summed E-state index contributed by atoms with van der Waals surface area (Å²) in [6.07, 6.45) is 7.83. The summed E-state index contributed by atoms with van der Waals surface area (Å²) in [6.45, 7) is 11.6. The number of hydrogen-bond donors (Lipinski definition) is 0. The van der Waals surface area contributed by atoms with Crippen molar-refractivity contribution in [3.8, 4) is 11.1 Å². The molecular formula is C26H35ClN2. The quantitative estimate of drug-likeness (QED) is 0.429. The predicted octanol–water partition coefficient (Wildman–Crippen LogP) is 6.61. The Morgan fingerprint density at radius 2 is 1.41 bits per heavy atom. The first kappa shape index (κ1) is 22.1. The molecule has 0 amide bonds. The SMILES string of the molecule is CCCCCCN1CCN(C/C=C(/C)c2ccc(-c3ccc(Cl)cc3)cc2)CC1. The fourth-order valence-electron chi connectivity index (χ4n) is 3.91. The normalized spacial score (nSPS) is 16.3. The van der Waals surface area contributed by atoms with E-state index in [1.54, 1.807) is 0 Å². The van der Waals surface area contributed by atoms with Gasteiger partial charge in [0, 0.05) is 37.7 Å². The van der Waals surface area contributed by atoms with Gasteiger partial charge in [0.1, 0.15) is 0 Å². The van der Waals surface area contributed by atoms with Crippen LogP contribution in [-0.4, -0.2) is 49.1 Å². The minimum atomic E-state index is 0.779. The smallest absolute Gasteiger partial charge is 0.0406 e. The van der Waals surface area contributed by atoms with Crippen LogP contribution in [0.5, 0.6) is 0 Å². The summed E-state index contributed by atoms with van der Waals surface area (Å²) in [5.41, 5.74) is 5.09. The Bertz CT molecular complexity index is 756. The third-order valence-electron chi connectivity index (χ3n) is 5.97. The van der Waals surface area contributed by atoms with Gasteiger partial charge in [0.25, 0.3) is 0 Å². The second kappa shape index (κ2) is 11.5. The molecule has 0 saturated carbocycles. The van der Waals surface area contributed by atoms with Gasteiger partial charge in [0.05, 0.1) is 0 Å². The maximum atomic E-state index is 5.99. The van der Waals surface area contributed by atoms with E-state index < -0.39 is 0 Å². The number of piperazine rings is 1. The zero-order chi connectivity index (χ0) is 20.5. The standard InChI is InChI=1S/C26H35ClN2/c1-3-4-5-6-16-28-18-20-29(21-19-28)17-15-22(2)23-7-9-24(10-8-23)25-11-13-26(27)14-12-25/h7-15H,3-6,16-21H2,1-2H3/b22-15-. The Balaban J connectivity index is 1.46. The summed E-state index contributed by atoms with van der Waals surface area (Å²) >= 11 is 5.99. The molecule has 2 aromatic rings. The molecule has 1 aliphatic heterocycles. The van der Waals surface area contributed by atoms with Crippen LogP contribution in [-0.2, 0) is 0 Å². The van der Waals surface area contributed by atoms with E-state index in [1.807, 2.05) is 12.1 Å². The largest absolute Gasteiger partial charge is 0.301 e. The molecule has 0 unspecified atom stereocenters. The van der Waals surface area contributed by atoms with Crippen LogP contribution in [0.15, 0.2) is 54.6 Å². The van der Waals surface area contributed by atoms with Gasteiger partial charge in [-0.15, -0.1) is 0 Å². The van der Waals surface area contributed by atoms with Crippen molar-refractivity contribution in [3.63, 3.8) is 0 Å². The minimum Gasteiger partial charge on any atom is -0.301 e. The Morgan fingerprint density at radius 1 is 0.828 bits per heavy atom. The van der Waals surface area contributed by atoms with Gasteiger partial charge in [0.15, 0.2) is 0 Å². The van der Waals surface area contributed by atoms with E-state index in [1.165, 1.54) is 80.7 Å². The maximum Gasteiger partial charge on any atom is 0.0406 e. The van der Waals surface area contributed by atoms with Crippen molar-refractivity contribution < 1.29 is 0 Å². The van der Waals surface area contributed by atoms with Crippen molar-refractivity contribution >= 4 is 17.2 Å². The molecule has 0 radical (unpaired) electrons. The van der Waals surface area contributed by atoms with E-state index in [0.29, 0.717) is 0 Å². The molecule has 1 heterocycles. The predicted molar refractivity (Wildman–Crippen MR) is 128 cm³/mol. The Kier molecular flexibility index (Phi) is 8.79. The number of benzene rings is 2. The molecule has 29 heavy (non-hydrogen) atoms. The first-order valence-electron chi connectivity index (χ1n) is 11.1. The zero-order valence-corrected chi connectivity index (χ0v) is 18.8. The van der Waals surface area contributed by atoms with Gasteiger partial charge in [-0.3, -0.25) is 4.90 Å². The molecular weight excluding hydrogens is 376 g/mol. The molecule has 2 nitrogen and oxygen atoms in total. The molecule has 0 bridgehead atoms. The van der Waals surface area contributed by atoms with Gasteiger partial charge >= 0.3 is 0 Å². The fourth-order valence-corrected chi connectivity index (χ4v) is 4.04. The van der Waals surface area contributed by atoms with Gasteiger partial charge in [-0.25, -0.2) is 0 Å². The van der Waals surface area contributed by atoms with E-state index in [9.17, 15) is 0 Å². The molecule has 1 fully saturated rings. The lowest BCUT2D eigenvalue weighted by molar-refractivity contribution is 0.140. The molecule has 0 N–H and O–H groups in total. The number of rotatable bonds is 9. The van der Waals surface area contributed by atoms with Crippen molar-refractivity contribution in [2.75, 3.05) is 39.3 Å². The first-order valence-corrected chi connectivity index (χ1v) is 11.5. The summed E-state index contributed by atoms with van der Waals surface area (Å²) in [7, 11) is 0. The summed E-state index contributed by atoms with van der Waals surface area (Å²) in [5, 5.41) is 0.779. The number of nitrogens with zero attached hydrogens (tertiary/aromatic N) is 2. The fraction of sp³-hybridized carbons (Fsp3) is 0.462. The third kappa shape index (κ3) is 6.99. The summed E-state index contributed by atoms with van der Waals surface area (Å²) < 4.78 is 0. The molecule has 1 saturated heterocycles. The first-order chi connectivity index (χ1) is 14.2. The number of hydrogen-bond acceptors (Lipinski definition) is 2. The van der Waals surface area contributed by atoms with Crippen molar-refractivity contribution in [2.24, 2.45) is 0 Å². The molecule has 3 rings (SSSR count). The van der Waals surface area contributed by atoms with Gasteiger partial charge < -0.3 is 4.90 Å². The van der Waals surface area contributed by atoms with Crippen LogP contribution in [0.1, 0.15) is 45.1 Å². The van der Waals surface area contributed by atoms with Crippen molar-refractivity contribution in [3.05, 3.63) is 65.2 Å². The zero-order valence-electron chi connectivity index (χ0n) is 18.0. The minimum absolute atomic E-state index is 0.779. The van der Waals surface area contributed by atoms with E-state index >= 15 is 0 Å². The highest BCUT2D eigenvalue weighted by Crippen LogP contribution is 2.24.